The molecule has 0 aliphatic heterocycles. The fraction of sp³-hybridized carbons (Fsp3) is 0.444. The first-order valence-electron chi connectivity index (χ1n) is 8.62. The Morgan fingerprint density at radius 2 is 1.96 bits per heavy atom. The highest BCUT2D eigenvalue weighted by molar-refractivity contribution is 5.62. The normalized spacial score (nSPS) is 14.3. The molecule has 1 aliphatic carbocycles. The van der Waals surface area contributed by atoms with Crippen LogP contribution in [-0.2, 0) is 6.54 Å². The zero-order valence-corrected chi connectivity index (χ0v) is 14.1. The van der Waals surface area contributed by atoms with Crippen LogP contribution in [0.2, 0.25) is 0 Å². The molecule has 25 heavy (non-hydrogen) atoms. The molecule has 7 heteroatoms. The van der Waals surface area contributed by atoms with Gasteiger partial charge in [0, 0.05) is 13.1 Å². The number of nitrogens with two attached hydrogens (primary N) is 1. The molecule has 0 spiro atoms. The second-order valence-electron chi connectivity index (χ2n) is 6.53. The van der Waals surface area contributed by atoms with E-state index in [1.54, 1.807) is 4.90 Å². The van der Waals surface area contributed by atoms with E-state index in [1.165, 1.54) is 11.0 Å². The maximum atomic E-state index is 12.4. The fourth-order valence-electron chi connectivity index (χ4n) is 3.21. The number of aromatic amines is 1. The average Bonchev–Trinajstić information content (AvgIpc) is 2.55. The van der Waals surface area contributed by atoms with Gasteiger partial charge in [-0.15, -0.1) is 0 Å². The molecule has 0 unspecified atom stereocenters. The van der Waals surface area contributed by atoms with E-state index in [2.05, 4.69) is 4.98 Å². The Bertz CT molecular complexity index is 824. The third-order valence-electron chi connectivity index (χ3n) is 4.79. The summed E-state index contributed by atoms with van der Waals surface area (Å²) in [5, 5.41) is 9.38. The molecule has 1 aromatic carbocycles. The Hall–Kier alpha value is -2.54. The molecule has 134 valence electrons. The van der Waals surface area contributed by atoms with Gasteiger partial charge >= 0.3 is 5.69 Å². The first kappa shape index (κ1) is 17.3. The first-order valence-corrected chi connectivity index (χ1v) is 8.62. The Morgan fingerprint density at radius 1 is 1.24 bits per heavy atom. The molecule has 0 atom stereocenters. The topological polar surface area (TPSA) is 104 Å². The van der Waals surface area contributed by atoms with Crippen LogP contribution in [0.15, 0.2) is 39.9 Å². The molecule has 0 saturated heterocycles. The van der Waals surface area contributed by atoms with Gasteiger partial charge < -0.3 is 15.7 Å². The minimum Gasteiger partial charge on any atom is -0.395 e. The second kappa shape index (κ2) is 7.57. The largest absolute Gasteiger partial charge is 0.395 e. The number of benzene rings is 1. The van der Waals surface area contributed by atoms with Gasteiger partial charge in [0.05, 0.1) is 13.2 Å². The Balaban J connectivity index is 1.98. The molecule has 7 nitrogen and oxygen atoms in total. The molecule has 4 N–H and O–H groups in total. The van der Waals surface area contributed by atoms with Gasteiger partial charge in [-0.3, -0.25) is 14.3 Å². The van der Waals surface area contributed by atoms with Crippen molar-refractivity contribution < 1.29 is 5.11 Å². The standard InChI is InChI=1S/C18H24N4O3/c19-16-15(21(9-10-23)11-13-7-4-8-13)17(24)20-18(25)22(16)12-14-5-2-1-3-6-14/h1-3,5-6,13,23H,4,7-12,19H2,(H,20,24,25). The van der Waals surface area contributed by atoms with Crippen molar-refractivity contribution in [2.75, 3.05) is 30.3 Å². The number of aromatic nitrogens is 2. The van der Waals surface area contributed by atoms with Crippen LogP contribution >= 0.6 is 0 Å². The molecular weight excluding hydrogens is 320 g/mol. The second-order valence-corrected chi connectivity index (χ2v) is 6.53. The minimum absolute atomic E-state index is 0.0799. The number of rotatable bonds is 7. The Morgan fingerprint density at radius 3 is 2.56 bits per heavy atom. The van der Waals surface area contributed by atoms with E-state index in [0.717, 1.165) is 18.4 Å². The van der Waals surface area contributed by atoms with Gasteiger partial charge in [0.25, 0.3) is 5.56 Å². The van der Waals surface area contributed by atoms with E-state index >= 15 is 0 Å². The van der Waals surface area contributed by atoms with Gasteiger partial charge in [-0.2, -0.15) is 0 Å². The summed E-state index contributed by atoms with van der Waals surface area (Å²) in [4.78, 5) is 28.8. The highest BCUT2D eigenvalue weighted by Gasteiger charge is 2.25. The summed E-state index contributed by atoms with van der Waals surface area (Å²) in [6.45, 7) is 1.18. The van der Waals surface area contributed by atoms with Crippen molar-refractivity contribution >= 4 is 11.5 Å². The molecule has 1 saturated carbocycles. The summed E-state index contributed by atoms with van der Waals surface area (Å²) in [5.41, 5.74) is 6.39. The zero-order valence-electron chi connectivity index (χ0n) is 14.1. The number of nitrogen functional groups attached to an aromatic ring is 1. The van der Waals surface area contributed by atoms with Gasteiger partial charge in [-0.1, -0.05) is 36.8 Å². The summed E-state index contributed by atoms with van der Waals surface area (Å²) >= 11 is 0. The van der Waals surface area contributed by atoms with Crippen LogP contribution in [0.3, 0.4) is 0 Å². The molecule has 1 aromatic heterocycles. The molecule has 0 amide bonds. The lowest BCUT2D eigenvalue weighted by Crippen LogP contribution is -2.42. The van der Waals surface area contributed by atoms with E-state index in [0.29, 0.717) is 19.0 Å². The predicted octanol–water partition coefficient (Wildman–Crippen LogP) is 0.766. The number of nitrogens with one attached hydrogen (secondary N) is 1. The number of anilines is 2. The maximum Gasteiger partial charge on any atom is 0.330 e. The van der Waals surface area contributed by atoms with Crippen LogP contribution in [0.4, 0.5) is 11.5 Å². The van der Waals surface area contributed by atoms with Gasteiger partial charge in [0.15, 0.2) is 0 Å². The third-order valence-corrected chi connectivity index (χ3v) is 4.79. The van der Waals surface area contributed by atoms with Crippen LogP contribution in [0.1, 0.15) is 24.8 Å². The molecule has 1 fully saturated rings. The molecular formula is C18H24N4O3. The van der Waals surface area contributed by atoms with Gasteiger partial charge in [0.2, 0.25) is 0 Å². The van der Waals surface area contributed by atoms with Crippen LogP contribution in [-0.4, -0.2) is 34.4 Å². The van der Waals surface area contributed by atoms with Crippen molar-refractivity contribution in [2.24, 2.45) is 5.92 Å². The van der Waals surface area contributed by atoms with E-state index in [-0.39, 0.29) is 24.7 Å². The van der Waals surface area contributed by atoms with Crippen LogP contribution < -0.4 is 21.9 Å². The molecule has 3 rings (SSSR count). The number of aliphatic hydroxyl groups excluding tert-OH is 1. The van der Waals surface area contributed by atoms with Gasteiger partial charge in [-0.25, -0.2) is 4.79 Å². The van der Waals surface area contributed by atoms with E-state index < -0.39 is 11.2 Å². The Kier molecular flexibility index (Phi) is 5.23. The lowest BCUT2D eigenvalue weighted by Gasteiger charge is -2.33. The van der Waals surface area contributed by atoms with E-state index in [1.807, 2.05) is 30.3 Å². The minimum atomic E-state index is -0.525. The van der Waals surface area contributed by atoms with Gasteiger partial charge in [0.1, 0.15) is 11.5 Å². The number of nitrogens with zero attached hydrogens (tertiary/aromatic N) is 2. The fourth-order valence-corrected chi connectivity index (χ4v) is 3.21. The molecule has 0 bridgehead atoms. The quantitative estimate of drug-likeness (QED) is 0.688. The number of hydrogen-bond acceptors (Lipinski definition) is 5. The molecule has 1 heterocycles. The van der Waals surface area contributed by atoms with E-state index in [4.69, 9.17) is 5.73 Å². The summed E-state index contributed by atoms with van der Waals surface area (Å²) in [5.74, 6) is 0.644. The van der Waals surface area contributed by atoms with Crippen LogP contribution in [0.5, 0.6) is 0 Å². The van der Waals surface area contributed by atoms with Crippen molar-refractivity contribution in [2.45, 2.75) is 25.8 Å². The highest BCUT2D eigenvalue weighted by Crippen LogP contribution is 2.29. The number of aliphatic hydroxyl groups is 1. The van der Waals surface area contributed by atoms with Crippen molar-refractivity contribution in [1.29, 1.82) is 0 Å². The summed E-state index contributed by atoms with van der Waals surface area (Å²) in [6, 6.07) is 9.47. The third kappa shape index (κ3) is 3.76. The number of hydrogen-bond donors (Lipinski definition) is 3. The first-order chi connectivity index (χ1) is 12.1. The monoisotopic (exact) mass is 344 g/mol. The number of H-pyrrole nitrogens is 1. The van der Waals surface area contributed by atoms with Crippen molar-refractivity contribution in [3.8, 4) is 0 Å². The lowest BCUT2D eigenvalue weighted by atomic mass is 9.85. The highest BCUT2D eigenvalue weighted by atomic mass is 16.3. The maximum absolute atomic E-state index is 12.4. The Labute approximate surface area is 145 Å². The molecule has 2 aromatic rings. The van der Waals surface area contributed by atoms with E-state index in [9.17, 15) is 14.7 Å². The summed E-state index contributed by atoms with van der Waals surface area (Å²) < 4.78 is 1.37. The van der Waals surface area contributed by atoms with Crippen molar-refractivity contribution in [3.63, 3.8) is 0 Å². The predicted molar refractivity (Wildman–Crippen MR) is 97.9 cm³/mol. The zero-order chi connectivity index (χ0) is 17.8. The van der Waals surface area contributed by atoms with Gasteiger partial charge in [-0.05, 0) is 24.3 Å². The average molecular weight is 344 g/mol. The van der Waals surface area contributed by atoms with Crippen LogP contribution in [0.25, 0.3) is 0 Å². The van der Waals surface area contributed by atoms with Crippen molar-refractivity contribution in [1.82, 2.24) is 9.55 Å². The SMILES string of the molecule is Nc1c(N(CCO)CC2CCC2)c(=O)[nH]c(=O)n1Cc1ccccc1. The smallest absolute Gasteiger partial charge is 0.330 e. The molecule has 1 aliphatic rings. The molecule has 0 radical (unpaired) electrons. The summed E-state index contributed by atoms with van der Waals surface area (Å²) in [7, 11) is 0. The lowest BCUT2D eigenvalue weighted by molar-refractivity contribution is 0.282. The van der Waals surface area contributed by atoms with Crippen LogP contribution in [0, 0.1) is 5.92 Å². The van der Waals surface area contributed by atoms with Crippen molar-refractivity contribution in [3.05, 3.63) is 56.7 Å². The summed E-state index contributed by atoms with van der Waals surface area (Å²) in [6.07, 6.45) is 3.42.